The highest BCUT2D eigenvalue weighted by molar-refractivity contribution is 5.94. The van der Waals surface area contributed by atoms with E-state index in [4.69, 9.17) is 14.2 Å². The Hall–Kier alpha value is -2.76. The molecule has 0 unspecified atom stereocenters. The highest BCUT2D eigenvalue weighted by Gasteiger charge is 2.13. The largest absolute Gasteiger partial charge is 0.486 e. The van der Waals surface area contributed by atoms with Gasteiger partial charge >= 0.3 is 5.97 Å². The van der Waals surface area contributed by atoms with Crippen molar-refractivity contribution in [1.82, 2.24) is 0 Å². The summed E-state index contributed by atoms with van der Waals surface area (Å²) in [7, 11) is 0. The first-order valence-electron chi connectivity index (χ1n) is 6.84. The first-order chi connectivity index (χ1) is 10.7. The van der Waals surface area contributed by atoms with Gasteiger partial charge in [-0.3, -0.25) is 4.79 Å². The molecule has 1 aromatic rings. The van der Waals surface area contributed by atoms with E-state index in [0.717, 1.165) is 0 Å². The van der Waals surface area contributed by atoms with Crippen LogP contribution in [0.5, 0.6) is 11.5 Å². The van der Waals surface area contributed by atoms with E-state index in [1.54, 1.807) is 36.4 Å². The van der Waals surface area contributed by atoms with Crippen molar-refractivity contribution in [2.24, 2.45) is 0 Å². The SMILES string of the molecule is C/C=C/C=C/C(=O)OCC(=O)Nc1ccc2c(c1)OCCO2. The molecule has 0 saturated carbocycles. The van der Waals surface area contributed by atoms with Crippen LogP contribution < -0.4 is 14.8 Å². The fourth-order valence-electron chi connectivity index (χ4n) is 1.75. The topological polar surface area (TPSA) is 73.9 Å². The van der Waals surface area contributed by atoms with Gasteiger partial charge in [-0.15, -0.1) is 0 Å². The second-order valence-electron chi connectivity index (χ2n) is 4.40. The van der Waals surface area contributed by atoms with Gasteiger partial charge in [-0.2, -0.15) is 0 Å². The summed E-state index contributed by atoms with van der Waals surface area (Å²) in [5, 5.41) is 2.62. The van der Waals surface area contributed by atoms with Crippen molar-refractivity contribution < 1.29 is 23.8 Å². The van der Waals surface area contributed by atoms with Gasteiger partial charge in [0.1, 0.15) is 13.2 Å². The van der Waals surface area contributed by atoms with E-state index < -0.39 is 11.9 Å². The standard InChI is InChI=1S/C16H17NO5/c1-2-3-4-5-16(19)22-11-15(18)17-12-6-7-13-14(10-12)21-9-8-20-13/h2-7,10H,8-9,11H2,1H3,(H,17,18)/b3-2+,5-4+. The van der Waals surface area contributed by atoms with Crippen molar-refractivity contribution in [3.05, 3.63) is 42.5 Å². The van der Waals surface area contributed by atoms with E-state index >= 15 is 0 Å². The first-order valence-corrected chi connectivity index (χ1v) is 6.84. The maximum absolute atomic E-state index is 11.7. The van der Waals surface area contributed by atoms with E-state index in [-0.39, 0.29) is 6.61 Å². The molecule has 0 radical (unpaired) electrons. The molecular weight excluding hydrogens is 286 g/mol. The molecular formula is C16H17NO5. The summed E-state index contributed by atoms with van der Waals surface area (Å²) < 4.78 is 15.6. The molecule has 0 atom stereocenters. The summed E-state index contributed by atoms with van der Waals surface area (Å²) in [6, 6.07) is 5.08. The average molecular weight is 303 g/mol. The number of anilines is 1. The minimum atomic E-state index is -0.574. The van der Waals surface area contributed by atoms with Gasteiger partial charge in [0.15, 0.2) is 18.1 Å². The quantitative estimate of drug-likeness (QED) is 0.512. The third-order valence-electron chi connectivity index (χ3n) is 2.71. The lowest BCUT2D eigenvalue weighted by molar-refractivity contribution is -0.142. The van der Waals surface area contributed by atoms with Crippen LogP contribution in [-0.2, 0) is 14.3 Å². The highest BCUT2D eigenvalue weighted by atomic mass is 16.6. The maximum Gasteiger partial charge on any atom is 0.331 e. The number of carbonyl (C=O) groups excluding carboxylic acids is 2. The molecule has 0 fully saturated rings. The van der Waals surface area contributed by atoms with Crippen LogP contribution in [0.1, 0.15) is 6.92 Å². The normalized spacial score (nSPS) is 13.3. The molecule has 1 aliphatic heterocycles. The molecule has 2 rings (SSSR count). The Labute approximate surface area is 128 Å². The Kier molecular flexibility index (Phi) is 5.59. The van der Waals surface area contributed by atoms with Gasteiger partial charge in [0.25, 0.3) is 5.91 Å². The van der Waals surface area contributed by atoms with Crippen molar-refractivity contribution in [3.63, 3.8) is 0 Å². The lowest BCUT2D eigenvalue weighted by Crippen LogP contribution is -2.20. The Bertz CT molecular complexity index is 607. The number of fused-ring (bicyclic) bond motifs is 1. The molecule has 0 spiro atoms. The Morgan fingerprint density at radius 2 is 2.00 bits per heavy atom. The predicted molar refractivity (Wildman–Crippen MR) is 81.0 cm³/mol. The third kappa shape index (κ3) is 4.66. The van der Waals surface area contributed by atoms with Crippen LogP contribution in [0.4, 0.5) is 5.69 Å². The number of nitrogens with one attached hydrogen (secondary N) is 1. The molecule has 1 aromatic carbocycles. The predicted octanol–water partition coefficient (Wildman–Crippen LogP) is 2.07. The zero-order chi connectivity index (χ0) is 15.8. The summed E-state index contributed by atoms with van der Waals surface area (Å²) in [6.07, 6.45) is 6.26. The Balaban J connectivity index is 1.83. The summed E-state index contributed by atoms with van der Waals surface area (Å²) >= 11 is 0. The second kappa shape index (κ2) is 7.87. The second-order valence-corrected chi connectivity index (χ2v) is 4.40. The van der Waals surface area contributed by atoms with E-state index in [1.807, 2.05) is 6.92 Å². The average Bonchev–Trinajstić information content (AvgIpc) is 2.53. The van der Waals surface area contributed by atoms with Crippen LogP contribution in [0.3, 0.4) is 0 Å². The molecule has 1 aliphatic rings. The first kappa shape index (κ1) is 15.6. The van der Waals surface area contributed by atoms with Crippen molar-refractivity contribution >= 4 is 17.6 Å². The number of esters is 1. The van der Waals surface area contributed by atoms with Crippen LogP contribution in [-0.4, -0.2) is 31.7 Å². The molecule has 116 valence electrons. The number of amides is 1. The molecule has 6 nitrogen and oxygen atoms in total. The van der Waals surface area contributed by atoms with Crippen LogP contribution >= 0.6 is 0 Å². The molecule has 1 N–H and O–H groups in total. The zero-order valence-corrected chi connectivity index (χ0v) is 12.2. The Morgan fingerprint density at radius 3 is 2.77 bits per heavy atom. The highest BCUT2D eigenvalue weighted by Crippen LogP contribution is 2.32. The molecule has 6 heteroatoms. The summed E-state index contributed by atoms with van der Waals surface area (Å²) in [5.74, 6) is 0.222. The number of benzene rings is 1. The van der Waals surface area contributed by atoms with Crippen LogP contribution in [0.15, 0.2) is 42.5 Å². The van der Waals surface area contributed by atoms with E-state index in [0.29, 0.717) is 30.4 Å². The van der Waals surface area contributed by atoms with Crippen molar-refractivity contribution in [2.75, 3.05) is 25.1 Å². The van der Waals surface area contributed by atoms with Gasteiger partial charge in [-0.05, 0) is 19.1 Å². The number of allylic oxidation sites excluding steroid dienone is 3. The number of rotatable bonds is 5. The monoisotopic (exact) mass is 303 g/mol. The molecule has 22 heavy (non-hydrogen) atoms. The number of ether oxygens (including phenoxy) is 3. The molecule has 0 aliphatic carbocycles. The summed E-state index contributed by atoms with van der Waals surface area (Å²) in [5.41, 5.74) is 0.551. The van der Waals surface area contributed by atoms with Gasteiger partial charge in [-0.25, -0.2) is 4.79 Å². The fourth-order valence-corrected chi connectivity index (χ4v) is 1.75. The number of hydrogen-bond acceptors (Lipinski definition) is 5. The van der Waals surface area contributed by atoms with Crippen LogP contribution in [0, 0.1) is 0 Å². The molecule has 1 amide bonds. The third-order valence-corrected chi connectivity index (χ3v) is 2.71. The smallest absolute Gasteiger partial charge is 0.331 e. The maximum atomic E-state index is 11.7. The fraction of sp³-hybridized carbons (Fsp3) is 0.250. The van der Waals surface area contributed by atoms with E-state index in [1.165, 1.54) is 6.08 Å². The van der Waals surface area contributed by atoms with E-state index in [2.05, 4.69) is 5.32 Å². The lowest BCUT2D eigenvalue weighted by Gasteiger charge is -2.18. The summed E-state index contributed by atoms with van der Waals surface area (Å²) in [6.45, 7) is 2.46. The minimum Gasteiger partial charge on any atom is -0.486 e. The van der Waals surface area contributed by atoms with Gasteiger partial charge in [0.05, 0.1) is 0 Å². The zero-order valence-electron chi connectivity index (χ0n) is 12.2. The molecule has 0 saturated heterocycles. The molecule has 0 aromatic heterocycles. The minimum absolute atomic E-state index is 0.354. The van der Waals surface area contributed by atoms with Crippen molar-refractivity contribution in [3.8, 4) is 11.5 Å². The van der Waals surface area contributed by atoms with Gasteiger partial charge in [0, 0.05) is 17.8 Å². The lowest BCUT2D eigenvalue weighted by atomic mass is 10.2. The van der Waals surface area contributed by atoms with Crippen LogP contribution in [0.2, 0.25) is 0 Å². The van der Waals surface area contributed by atoms with Gasteiger partial charge in [-0.1, -0.05) is 18.2 Å². The van der Waals surface area contributed by atoms with Crippen molar-refractivity contribution in [2.45, 2.75) is 6.92 Å². The number of hydrogen-bond donors (Lipinski definition) is 1. The van der Waals surface area contributed by atoms with Gasteiger partial charge < -0.3 is 19.5 Å². The summed E-state index contributed by atoms with van der Waals surface area (Å²) in [4.78, 5) is 23.0. The molecule has 1 heterocycles. The van der Waals surface area contributed by atoms with Crippen LogP contribution in [0.25, 0.3) is 0 Å². The number of carbonyl (C=O) groups is 2. The Morgan fingerprint density at radius 1 is 1.23 bits per heavy atom. The van der Waals surface area contributed by atoms with Gasteiger partial charge in [0.2, 0.25) is 0 Å². The van der Waals surface area contributed by atoms with E-state index in [9.17, 15) is 9.59 Å². The molecule has 0 bridgehead atoms. The van der Waals surface area contributed by atoms with Crippen molar-refractivity contribution in [1.29, 1.82) is 0 Å².